The van der Waals surface area contributed by atoms with Crippen molar-refractivity contribution in [2.45, 2.75) is 63.6 Å². The minimum Gasteiger partial charge on any atom is -0.480 e. The van der Waals surface area contributed by atoms with Crippen LogP contribution in [0.3, 0.4) is 0 Å². The summed E-state index contributed by atoms with van der Waals surface area (Å²) in [7, 11) is 0. The quantitative estimate of drug-likeness (QED) is 0.738. The van der Waals surface area contributed by atoms with Crippen LogP contribution < -0.4 is 5.32 Å². The Morgan fingerprint density at radius 1 is 1.41 bits per heavy atom. The first-order chi connectivity index (χ1) is 8.22. The maximum Gasteiger partial charge on any atom is 0.320 e. The van der Waals surface area contributed by atoms with E-state index in [0.29, 0.717) is 18.5 Å². The van der Waals surface area contributed by atoms with E-state index in [2.05, 4.69) is 10.2 Å². The van der Waals surface area contributed by atoms with E-state index in [-0.39, 0.29) is 6.04 Å². The molecule has 17 heavy (non-hydrogen) atoms. The normalized spacial score (nSPS) is 27.1. The van der Waals surface area contributed by atoms with Crippen molar-refractivity contribution >= 4 is 5.97 Å². The molecule has 1 aliphatic carbocycles. The number of hydrogen-bond donors (Lipinski definition) is 2. The molecule has 4 heteroatoms. The predicted octanol–water partition coefficient (Wildman–Crippen LogP) is 1.46. The molecule has 2 N–H and O–H groups in total. The summed E-state index contributed by atoms with van der Waals surface area (Å²) in [6.45, 7) is 3.98. The van der Waals surface area contributed by atoms with E-state index >= 15 is 0 Å². The summed E-state index contributed by atoms with van der Waals surface area (Å²) in [6, 6.07) is 0.740. The Hall–Kier alpha value is -0.610. The lowest BCUT2D eigenvalue weighted by atomic mass is 10.0. The molecule has 4 nitrogen and oxygen atoms in total. The highest BCUT2D eigenvalue weighted by Gasteiger charge is 2.37. The molecule has 2 atom stereocenters. The molecule has 0 aromatic carbocycles. The first-order valence-electron chi connectivity index (χ1n) is 6.94. The molecular weight excluding hydrogens is 216 g/mol. The van der Waals surface area contributed by atoms with Gasteiger partial charge in [0.1, 0.15) is 6.04 Å². The third-order valence-corrected chi connectivity index (χ3v) is 3.93. The van der Waals surface area contributed by atoms with Crippen LogP contribution in [0, 0.1) is 0 Å². The number of piperidine rings is 1. The molecule has 2 rings (SSSR count). The van der Waals surface area contributed by atoms with Crippen molar-refractivity contribution in [2.24, 2.45) is 0 Å². The minimum absolute atomic E-state index is 0.286. The Morgan fingerprint density at radius 3 is 2.65 bits per heavy atom. The van der Waals surface area contributed by atoms with Crippen molar-refractivity contribution in [3.8, 4) is 0 Å². The van der Waals surface area contributed by atoms with Crippen LogP contribution in [0.1, 0.15) is 45.4 Å². The van der Waals surface area contributed by atoms with Gasteiger partial charge in [0.25, 0.3) is 0 Å². The smallest absolute Gasteiger partial charge is 0.320 e. The highest BCUT2D eigenvalue weighted by Crippen LogP contribution is 2.30. The van der Waals surface area contributed by atoms with Crippen LogP contribution in [0.5, 0.6) is 0 Å². The van der Waals surface area contributed by atoms with Gasteiger partial charge in [0, 0.05) is 18.6 Å². The second-order valence-corrected chi connectivity index (χ2v) is 5.34. The van der Waals surface area contributed by atoms with E-state index in [1.54, 1.807) is 0 Å². The standard InChI is InChI=1S/C13H24N2O2/c1-2-12(13(16)17)15(11-6-7-11)9-10-5-3-4-8-14-10/h10-12,14H,2-9H2,1H3,(H,16,17). The van der Waals surface area contributed by atoms with Crippen molar-refractivity contribution in [2.75, 3.05) is 13.1 Å². The molecule has 2 unspecified atom stereocenters. The van der Waals surface area contributed by atoms with E-state index in [9.17, 15) is 9.90 Å². The topological polar surface area (TPSA) is 52.6 Å². The van der Waals surface area contributed by atoms with Crippen LogP contribution in [-0.4, -0.2) is 47.2 Å². The molecule has 0 aromatic rings. The lowest BCUT2D eigenvalue weighted by Crippen LogP contribution is -2.50. The molecule has 0 aromatic heterocycles. The van der Waals surface area contributed by atoms with Gasteiger partial charge in [-0.3, -0.25) is 9.69 Å². The Morgan fingerprint density at radius 2 is 2.18 bits per heavy atom. The summed E-state index contributed by atoms with van der Waals surface area (Å²) in [5.74, 6) is -0.657. The summed E-state index contributed by atoms with van der Waals surface area (Å²) in [4.78, 5) is 13.5. The largest absolute Gasteiger partial charge is 0.480 e. The van der Waals surface area contributed by atoms with E-state index in [1.807, 2.05) is 6.92 Å². The van der Waals surface area contributed by atoms with Crippen molar-refractivity contribution in [1.82, 2.24) is 10.2 Å². The first kappa shape index (κ1) is 12.8. The van der Waals surface area contributed by atoms with Crippen molar-refractivity contribution in [3.05, 3.63) is 0 Å². The van der Waals surface area contributed by atoms with Crippen LogP contribution in [-0.2, 0) is 4.79 Å². The Labute approximate surface area is 103 Å². The van der Waals surface area contributed by atoms with Gasteiger partial charge in [-0.05, 0) is 38.6 Å². The summed E-state index contributed by atoms with van der Waals surface area (Å²) in [5.41, 5.74) is 0. The molecule has 0 amide bonds. The average molecular weight is 240 g/mol. The fourth-order valence-corrected chi connectivity index (χ4v) is 2.82. The SMILES string of the molecule is CCC(C(=O)O)N(CC1CCCCN1)C1CC1. The van der Waals surface area contributed by atoms with Gasteiger partial charge in [-0.1, -0.05) is 13.3 Å². The fourth-order valence-electron chi connectivity index (χ4n) is 2.82. The molecule has 2 fully saturated rings. The first-order valence-corrected chi connectivity index (χ1v) is 6.94. The summed E-state index contributed by atoms with van der Waals surface area (Å²) in [6.07, 6.45) is 6.79. The van der Waals surface area contributed by atoms with Gasteiger partial charge in [-0.15, -0.1) is 0 Å². The third kappa shape index (κ3) is 3.42. The van der Waals surface area contributed by atoms with Crippen LogP contribution in [0.15, 0.2) is 0 Å². The molecule has 1 saturated heterocycles. The Kier molecular flexibility index (Phi) is 4.40. The van der Waals surface area contributed by atoms with Crippen molar-refractivity contribution in [1.29, 1.82) is 0 Å². The lowest BCUT2D eigenvalue weighted by molar-refractivity contribution is -0.143. The Bertz CT molecular complexity index is 260. The summed E-state index contributed by atoms with van der Waals surface area (Å²) >= 11 is 0. The maximum absolute atomic E-state index is 11.3. The zero-order chi connectivity index (χ0) is 12.3. The second-order valence-electron chi connectivity index (χ2n) is 5.34. The highest BCUT2D eigenvalue weighted by molar-refractivity contribution is 5.73. The van der Waals surface area contributed by atoms with E-state index < -0.39 is 5.97 Å². The monoisotopic (exact) mass is 240 g/mol. The van der Waals surface area contributed by atoms with Crippen LogP contribution in [0.4, 0.5) is 0 Å². The number of hydrogen-bond acceptors (Lipinski definition) is 3. The van der Waals surface area contributed by atoms with E-state index in [1.165, 1.54) is 32.1 Å². The van der Waals surface area contributed by atoms with Crippen LogP contribution in [0.2, 0.25) is 0 Å². The van der Waals surface area contributed by atoms with Gasteiger partial charge in [-0.2, -0.15) is 0 Å². The molecule has 1 heterocycles. The number of nitrogens with one attached hydrogen (secondary N) is 1. The zero-order valence-corrected chi connectivity index (χ0v) is 10.7. The highest BCUT2D eigenvalue weighted by atomic mass is 16.4. The van der Waals surface area contributed by atoms with Gasteiger partial charge in [0.05, 0.1) is 0 Å². The predicted molar refractivity (Wildman–Crippen MR) is 67.1 cm³/mol. The summed E-state index contributed by atoms with van der Waals surface area (Å²) in [5, 5.41) is 12.8. The van der Waals surface area contributed by atoms with E-state index in [4.69, 9.17) is 0 Å². The number of carbonyl (C=O) groups is 1. The molecule has 98 valence electrons. The molecule has 0 bridgehead atoms. The third-order valence-electron chi connectivity index (χ3n) is 3.93. The number of carboxylic acid groups (broad SMARTS) is 1. The van der Waals surface area contributed by atoms with Crippen LogP contribution in [0.25, 0.3) is 0 Å². The van der Waals surface area contributed by atoms with Gasteiger partial charge in [0.2, 0.25) is 0 Å². The van der Waals surface area contributed by atoms with E-state index in [0.717, 1.165) is 13.1 Å². The van der Waals surface area contributed by atoms with Crippen molar-refractivity contribution < 1.29 is 9.90 Å². The minimum atomic E-state index is -0.657. The summed E-state index contributed by atoms with van der Waals surface area (Å²) < 4.78 is 0. The fraction of sp³-hybridized carbons (Fsp3) is 0.923. The maximum atomic E-state index is 11.3. The zero-order valence-electron chi connectivity index (χ0n) is 10.7. The van der Waals surface area contributed by atoms with Gasteiger partial charge in [0.15, 0.2) is 0 Å². The molecular formula is C13H24N2O2. The number of rotatable bonds is 6. The molecule has 2 aliphatic rings. The molecule has 1 aliphatic heterocycles. The number of aliphatic carboxylic acids is 1. The number of nitrogens with zero attached hydrogens (tertiary/aromatic N) is 1. The molecule has 0 spiro atoms. The molecule has 1 saturated carbocycles. The van der Waals surface area contributed by atoms with Gasteiger partial charge < -0.3 is 10.4 Å². The van der Waals surface area contributed by atoms with Gasteiger partial charge >= 0.3 is 5.97 Å². The lowest BCUT2D eigenvalue weighted by Gasteiger charge is -2.34. The average Bonchev–Trinajstić information content (AvgIpc) is 3.13. The van der Waals surface area contributed by atoms with Gasteiger partial charge in [-0.25, -0.2) is 0 Å². The van der Waals surface area contributed by atoms with Crippen LogP contribution >= 0.6 is 0 Å². The molecule has 0 radical (unpaired) electrons. The Balaban J connectivity index is 1.93. The number of carboxylic acids is 1. The van der Waals surface area contributed by atoms with Crippen molar-refractivity contribution in [3.63, 3.8) is 0 Å². The second kappa shape index (κ2) is 5.83.